The van der Waals surface area contributed by atoms with Crippen LogP contribution in [0.25, 0.3) is 17.0 Å². The molecule has 2 aromatic carbocycles. The van der Waals surface area contributed by atoms with Crippen molar-refractivity contribution >= 4 is 34.4 Å². The molecule has 0 aliphatic carbocycles. The van der Waals surface area contributed by atoms with Crippen molar-refractivity contribution in [3.8, 4) is 5.75 Å². The third kappa shape index (κ3) is 2.84. The molecular formula is C22H22N2OS. The topological polar surface area (TPSA) is 30.2 Å². The number of aryl methyl sites for hydroxylation is 2. The molecule has 0 unspecified atom stereocenters. The van der Waals surface area contributed by atoms with Crippen molar-refractivity contribution in [3.05, 3.63) is 64.8 Å². The summed E-state index contributed by atoms with van der Waals surface area (Å²) < 4.78 is 2.35. The molecule has 0 radical (unpaired) electrons. The van der Waals surface area contributed by atoms with Crippen LogP contribution in [0.5, 0.6) is 5.75 Å². The number of aromatic nitrogens is 1. The first-order chi connectivity index (χ1) is 12.6. The van der Waals surface area contributed by atoms with E-state index in [1.807, 2.05) is 6.07 Å². The fraction of sp³-hybridized carbons (Fsp3) is 0.227. The lowest BCUT2D eigenvalue weighted by molar-refractivity contribution is -0.669. The summed E-state index contributed by atoms with van der Waals surface area (Å²) in [6.07, 6.45) is 2.24. The first-order valence-electron chi connectivity index (χ1n) is 9.02. The van der Waals surface area contributed by atoms with E-state index in [2.05, 4.69) is 66.6 Å². The molecule has 0 amide bonds. The molecule has 2 heterocycles. The number of hydrogen-bond donors (Lipinski definition) is 0. The first kappa shape index (κ1) is 17.0. The standard InChI is InChI=1S/C22H22N2OS/c1-4-23-17(9-8-16-7-6-15(3)12-19(16)23)13-22-24(5-2)20-14-18(25)10-11-21(20)26-22/h6-14H,4-5H2,1-3H3. The van der Waals surface area contributed by atoms with Gasteiger partial charge in [-0.05, 0) is 50.6 Å². The second-order valence-electron chi connectivity index (χ2n) is 6.52. The summed E-state index contributed by atoms with van der Waals surface area (Å²) in [6, 6.07) is 16.3. The molecule has 1 aromatic heterocycles. The largest absolute Gasteiger partial charge is 0.872 e. The predicted octanol–water partition coefficient (Wildman–Crippen LogP) is 4.46. The van der Waals surface area contributed by atoms with Gasteiger partial charge in [-0.3, -0.25) is 0 Å². The van der Waals surface area contributed by atoms with Crippen molar-refractivity contribution in [2.24, 2.45) is 0 Å². The summed E-state index contributed by atoms with van der Waals surface area (Å²) >= 11 is 1.73. The van der Waals surface area contributed by atoms with Crippen molar-refractivity contribution in [2.75, 3.05) is 11.4 Å². The van der Waals surface area contributed by atoms with Gasteiger partial charge >= 0.3 is 0 Å². The maximum atomic E-state index is 11.8. The smallest absolute Gasteiger partial charge is 0.213 e. The van der Waals surface area contributed by atoms with Crippen LogP contribution >= 0.6 is 11.8 Å². The Kier molecular flexibility index (Phi) is 4.37. The van der Waals surface area contributed by atoms with Gasteiger partial charge in [-0.25, -0.2) is 0 Å². The molecular weight excluding hydrogens is 340 g/mol. The number of benzene rings is 2. The summed E-state index contributed by atoms with van der Waals surface area (Å²) in [5.41, 5.74) is 4.73. The molecule has 4 rings (SSSR count). The summed E-state index contributed by atoms with van der Waals surface area (Å²) in [5, 5.41) is 14.2. The van der Waals surface area contributed by atoms with Gasteiger partial charge in [0.05, 0.1) is 10.7 Å². The van der Waals surface area contributed by atoms with Gasteiger partial charge in [0.15, 0.2) is 0 Å². The average molecular weight is 362 g/mol. The van der Waals surface area contributed by atoms with Crippen LogP contribution in [0.2, 0.25) is 0 Å². The van der Waals surface area contributed by atoms with Crippen LogP contribution in [-0.4, -0.2) is 6.54 Å². The molecule has 1 aliphatic heterocycles. The summed E-state index contributed by atoms with van der Waals surface area (Å²) in [4.78, 5) is 3.37. The maximum absolute atomic E-state index is 11.8. The zero-order valence-corrected chi connectivity index (χ0v) is 16.1. The van der Waals surface area contributed by atoms with Crippen LogP contribution < -0.4 is 14.6 Å². The van der Waals surface area contributed by atoms with Gasteiger partial charge in [-0.15, -0.1) is 5.75 Å². The third-order valence-corrected chi connectivity index (χ3v) is 5.94. The lowest BCUT2D eigenvalue weighted by atomic mass is 10.1. The third-order valence-electron chi connectivity index (χ3n) is 4.83. The van der Waals surface area contributed by atoms with Crippen LogP contribution in [0, 0.1) is 6.92 Å². The Labute approximate surface area is 158 Å². The molecule has 3 nitrogen and oxygen atoms in total. The zero-order valence-electron chi connectivity index (χ0n) is 15.3. The van der Waals surface area contributed by atoms with E-state index in [9.17, 15) is 5.11 Å². The molecule has 0 fully saturated rings. The van der Waals surface area contributed by atoms with E-state index in [-0.39, 0.29) is 5.75 Å². The molecule has 0 N–H and O–H groups in total. The van der Waals surface area contributed by atoms with Crippen molar-refractivity contribution in [2.45, 2.75) is 32.2 Å². The summed E-state index contributed by atoms with van der Waals surface area (Å²) in [6.45, 7) is 8.19. The molecule has 1 aliphatic rings. The molecule has 3 aromatic rings. The first-order valence-corrected chi connectivity index (χ1v) is 9.83. The van der Waals surface area contributed by atoms with Crippen molar-refractivity contribution < 1.29 is 9.67 Å². The van der Waals surface area contributed by atoms with Gasteiger partial charge in [0.25, 0.3) is 0 Å². The van der Waals surface area contributed by atoms with E-state index in [0.29, 0.717) is 0 Å². The monoisotopic (exact) mass is 362 g/mol. The van der Waals surface area contributed by atoms with Crippen LogP contribution in [0.15, 0.2) is 58.5 Å². The Bertz CT molecular complexity index is 1030. The average Bonchev–Trinajstić information content (AvgIpc) is 2.97. The van der Waals surface area contributed by atoms with Gasteiger partial charge in [0.2, 0.25) is 11.2 Å². The fourth-order valence-electron chi connectivity index (χ4n) is 3.55. The number of nitrogens with zero attached hydrogens (tertiary/aromatic N) is 2. The molecule has 0 saturated heterocycles. The summed E-state index contributed by atoms with van der Waals surface area (Å²) in [7, 11) is 0. The number of hydrogen-bond acceptors (Lipinski definition) is 3. The quantitative estimate of drug-likeness (QED) is 0.645. The van der Waals surface area contributed by atoms with Crippen LogP contribution in [0.3, 0.4) is 0 Å². The molecule has 0 saturated carbocycles. The maximum Gasteiger partial charge on any atom is 0.213 e. The number of fused-ring (bicyclic) bond motifs is 2. The normalized spacial score (nSPS) is 15.0. The van der Waals surface area contributed by atoms with E-state index in [0.717, 1.165) is 23.7 Å². The Hall–Kier alpha value is -2.46. The highest BCUT2D eigenvalue weighted by atomic mass is 32.2. The van der Waals surface area contributed by atoms with Gasteiger partial charge in [0, 0.05) is 35.0 Å². The Morgan fingerprint density at radius 1 is 1.08 bits per heavy atom. The zero-order chi connectivity index (χ0) is 18.3. The number of anilines is 1. The fourth-order valence-corrected chi connectivity index (χ4v) is 4.70. The van der Waals surface area contributed by atoms with E-state index in [1.54, 1.807) is 23.9 Å². The van der Waals surface area contributed by atoms with Crippen LogP contribution in [0.4, 0.5) is 5.69 Å². The van der Waals surface area contributed by atoms with Crippen LogP contribution in [-0.2, 0) is 6.54 Å². The molecule has 0 atom stereocenters. The number of thioether (sulfide) groups is 1. The van der Waals surface area contributed by atoms with E-state index < -0.39 is 0 Å². The minimum atomic E-state index is 0.0638. The van der Waals surface area contributed by atoms with Crippen LogP contribution in [0.1, 0.15) is 25.1 Å². The van der Waals surface area contributed by atoms with E-state index >= 15 is 0 Å². The highest BCUT2D eigenvalue weighted by molar-refractivity contribution is 8.03. The highest BCUT2D eigenvalue weighted by Gasteiger charge is 2.25. The Morgan fingerprint density at radius 3 is 2.65 bits per heavy atom. The SMILES string of the molecule is CCN1/C(=C/c2ccc3ccc(C)cc3[n+]2CC)Sc2ccc([O-])cc21. The Morgan fingerprint density at radius 2 is 1.88 bits per heavy atom. The molecule has 132 valence electrons. The minimum Gasteiger partial charge on any atom is -0.872 e. The van der Waals surface area contributed by atoms with Gasteiger partial charge in [0.1, 0.15) is 6.54 Å². The molecule has 0 bridgehead atoms. The number of pyridine rings is 1. The van der Waals surface area contributed by atoms with Crippen molar-refractivity contribution in [3.63, 3.8) is 0 Å². The molecule has 26 heavy (non-hydrogen) atoms. The van der Waals surface area contributed by atoms with Gasteiger partial charge < -0.3 is 10.0 Å². The van der Waals surface area contributed by atoms with Crippen molar-refractivity contribution in [1.82, 2.24) is 0 Å². The summed E-state index contributed by atoms with van der Waals surface area (Å²) in [5.74, 6) is 0.0638. The van der Waals surface area contributed by atoms with Crippen molar-refractivity contribution in [1.29, 1.82) is 0 Å². The minimum absolute atomic E-state index is 0.0638. The van der Waals surface area contributed by atoms with E-state index in [1.165, 1.54) is 27.2 Å². The van der Waals surface area contributed by atoms with Gasteiger partial charge in [-0.1, -0.05) is 23.9 Å². The molecule has 4 heteroatoms. The highest BCUT2D eigenvalue weighted by Crippen LogP contribution is 2.47. The number of rotatable bonds is 3. The second kappa shape index (κ2) is 6.69. The molecule has 0 spiro atoms. The van der Waals surface area contributed by atoms with E-state index in [4.69, 9.17) is 0 Å². The lowest BCUT2D eigenvalue weighted by Gasteiger charge is -2.19. The Balaban J connectivity index is 1.84. The predicted molar refractivity (Wildman–Crippen MR) is 107 cm³/mol. The van der Waals surface area contributed by atoms with Gasteiger partial charge in [-0.2, -0.15) is 4.57 Å². The lowest BCUT2D eigenvalue weighted by Crippen LogP contribution is -2.37. The second-order valence-corrected chi connectivity index (χ2v) is 7.59.